The molecule has 2 aromatic carbocycles. The number of anilines is 1. The quantitative estimate of drug-likeness (QED) is 0.905. The molecule has 1 spiro atoms. The van der Waals surface area contributed by atoms with Crippen molar-refractivity contribution in [2.45, 2.75) is 24.8 Å². The summed E-state index contributed by atoms with van der Waals surface area (Å²) in [7, 11) is 4.03. The number of piperidine rings is 1. The molecule has 1 N–H and O–H groups in total. The Kier molecular flexibility index (Phi) is 4.45. The molecule has 2 aromatic rings. The van der Waals surface area contributed by atoms with E-state index in [9.17, 15) is 4.79 Å². The SMILES string of the molecule is CN(C)c1ccc(C(=O)N2Cc3ccccc3C3(CCNCC3)C2)cc1. The van der Waals surface area contributed by atoms with Crippen molar-refractivity contribution in [2.24, 2.45) is 0 Å². The number of hydrogen-bond acceptors (Lipinski definition) is 3. The lowest BCUT2D eigenvalue weighted by Crippen LogP contribution is -2.52. The molecule has 2 aliphatic heterocycles. The molecule has 136 valence electrons. The Morgan fingerprint density at radius 1 is 1.04 bits per heavy atom. The second-order valence-electron chi connectivity index (χ2n) is 7.79. The number of carbonyl (C=O) groups excluding carboxylic acids is 1. The molecule has 2 aliphatic rings. The molecule has 1 fully saturated rings. The van der Waals surface area contributed by atoms with Crippen molar-refractivity contribution >= 4 is 11.6 Å². The van der Waals surface area contributed by atoms with Crippen molar-refractivity contribution in [1.82, 2.24) is 10.2 Å². The summed E-state index contributed by atoms with van der Waals surface area (Å²) >= 11 is 0. The fraction of sp³-hybridized carbons (Fsp3) is 0.409. The Labute approximate surface area is 155 Å². The first-order chi connectivity index (χ1) is 12.6. The monoisotopic (exact) mass is 349 g/mol. The molecule has 0 unspecified atom stereocenters. The summed E-state index contributed by atoms with van der Waals surface area (Å²) in [5, 5.41) is 3.47. The fourth-order valence-corrected chi connectivity index (χ4v) is 4.45. The van der Waals surface area contributed by atoms with Gasteiger partial charge in [0.2, 0.25) is 0 Å². The van der Waals surface area contributed by atoms with Gasteiger partial charge in [-0.3, -0.25) is 4.79 Å². The lowest BCUT2D eigenvalue weighted by Gasteiger charge is -2.46. The number of carbonyl (C=O) groups is 1. The Balaban J connectivity index is 1.64. The van der Waals surface area contributed by atoms with Crippen LogP contribution in [-0.2, 0) is 12.0 Å². The summed E-state index contributed by atoms with van der Waals surface area (Å²) in [4.78, 5) is 17.3. The average molecular weight is 349 g/mol. The first kappa shape index (κ1) is 17.1. The third-order valence-corrected chi connectivity index (χ3v) is 5.92. The second kappa shape index (κ2) is 6.76. The first-order valence-electron chi connectivity index (χ1n) is 9.45. The molecule has 4 rings (SSSR count). The largest absolute Gasteiger partial charge is 0.378 e. The average Bonchev–Trinajstić information content (AvgIpc) is 2.68. The van der Waals surface area contributed by atoms with E-state index in [1.54, 1.807) is 0 Å². The second-order valence-corrected chi connectivity index (χ2v) is 7.79. The highest BCUT2D eigenvalue weighted by Crippen LogP contribution is 2.40. The number of nitrogens with one attached hydrogen (secondary N) is 1. The Morgan fingerprint density at radius 3 is 2.42 bits per heavy atom. The van der Waals surface area contributed by atoms with Crippen LogP contribution >= 0.6 is 0 Å². The number of fused-ring (bicyclic) bond motifs is 2. The van der Waals surface area contributed by atoms with Crippen LogP contribution in [-0.4, -0.2) is 44.5 Å². The number of rotatable bonds is 2. The molecular weight excluding hydrogens is 322 g/mol. The molecule has 4 nitrogen and oxygen atoms in total. The standard InChI is InChI=1S/C22H27N3O/c1-24(2)19-9-7-17(8-10-19)21(26)25-15-18-5-3-4-6-20(18)22(16-25)11-13-23-14-12-22/h3-10,23H,11-16H2,1-2H3. The molecule has 1 amide bonds. The number of amides is 1. The van der Waals surface area contributed by atoms with Crippen LogP contribution in [0.2, 0.25) is 0 Å². The molecule has 0 saturated carbocycles. The van der Waals surface area contributed by atoms with E-state index >= 15 is 0 Å². The van der Waals surface area contributed by atoms with E-state index in [0.29, 0.717) is 6.54 Å². The Hall–Kier alpha value is -2.33. The molecule has 0 atom stereocenters. The summed E-state index contributed by atoms with van der Waals surface area (Å²) in [6.45, 7) is 3.57. The number of nitrogens with zero attached hydrogens (tertiary/aromatic N) is 2. The minimum atomic E-state index is 0.0966. The summed E-state index contributed by atoms with van der Waals surface area (Å²) < 4.78 is 0. The van der Waals surface area contributed by atoms with E-state index in [0.717, 1.165) is 43.7 Å². The van der Waals surface area contributed by atoms with Crippen LogP contribution in [0.1, 0.15) is 34.3 Å². The van der Waals surface area contributed by atoms with E-state index in [1.165, 1.54) is 11.1 Å². The van der Waals surface area contributed by atoms with Crippen LogP contribution in [0.5, 0.6) is 0 Å². The van der Waals surface area contributed by atoms with Gasteiger partial charge in [0.05, 0.1) is 0 Å². The van der Waals surface area contributed by atoms with E-state index < -0.39 is 0 Å². The van der Waals surface area contributed by atoms with Gasteiger partial charge in [-0.2, -0.15) is 0 Å². The molecule has 26 heavy (non-hydrogen) atoms. The van der Waals surface area contributed by atoms with Crippen LogP contribution < -0.4 is 10.2 Å². The van der Waals surface area contributed by atoms with Gasteiger partial charge in [0.15, 0.2) is 0 Å². The van der Waals surface area contributed by atoms with Gasteiger partial charge in [0.25, 0.3) is 5.91 Å². The van der Waals surface area contributed by atoms with Gasteiger partial charge < -0.3 is 15.1 Å². The molecular formula is C22H27N3O. The van der Waals surface area contributed by atoms with Crippen LogP contribution in [0.4, 0.5) is 5.69 Å². The zero-order valence-electron chi connectivity index (χ0n) is 15.7. The maximum atomic E-state index is 13.2. The number of hydrogen-bond donors (Lipinski definition) is 1. The molecule has 2 heterocycles. The highest BCUT2D eigenvalue weighted by Gasteiger charge is 2.41. The fourth-order valence-electron chi connectivity index (χ4n) is 4.45. The van der Waals surface area contributed by atoms with Gasteiger partial charge in [-0.25, -0.2) is 0 Å². The van der Waals surface area contributed by atoms with E-state index in [2.05, 4.69) is 39.4 Å². The van der Waals surface area contributed by atoms with E-state index in [1.807, 2.05) is 38.4 Å². The van der Waals surface area contributed by atoms with Crippen LogP contribution in [0.3, 0.4) is 0 Å². The highest BCUT2D eigenvalue weighted by atomic mass is 16.2. The minimum absolute atomic E-state index is 0.0966. The molecule has 0 radical (unpaired) electrons. The van der Waals surface area contributed by atoms with Gasteiger partial charge in [0.1, 0.15) is 0 Å². The topological polar surface area (TPSA) is 35.6 Å². The van der Waals surface area contributed by atoms with Crippen molar-refractivity contribution in [3.63, 3.8) is 0 Å². The van der Waals surface area contributed by atoms with Gasteiger partial charge in [-0.15, -0.1) is 0 Å². The van der Waals surface area contributed by atoms with Crippen LogP contribution in [0.15, 0.2) is 48.5 Å². The molecule has 4 heteroatoms. The third-order valence-electron chi connectivity index (χ3n) is 5.92. The number of benzene rings is 2. The van der Waals surface area contributed by atoms with Crippen LogP contribution in [0, 0.1) is 0 Å². The minimum Gasteiger partial charge on any atom is -0.378 e. The van der Waals surface area contributed by atoms with E-state index in [4.69, 9.17) is 0 Å². The smallest absolute Gasteiger partial charge is 0.254 e. The Morgan fingerprint density at radius 2 is 1.73 bits per heavy atom. The van der Waals surface area contributed by atoms with Gasteiger partial charge >= 0.3 is 0 Å². The lowest BCUT2D eigenvalue weighted by atomic mass is 9.69. The maximum Gasteiger partial charge on any atom is 0.254 e. The normalized spacial score (nSPS) is 18.5. The predicted octanol–water partition coefficient (Wildman–Crippen LogP) is 3.03. The van der Waals surface area contributed by atoms with Crippen molar-refractivity contribution < 1.29 is 4.79 Å². The molecule has 0 aliphatic carbocycles. The molecule has 0 bridgehead atoms. The third kappa shape index (κ3) is 2.99. The summed E-state index contributed by atoms with van der Waals surface area (Å²) in [6, 6.07) is 16.6. The van der Waals surface area contributed by atoms with Gasteiger partial charge in [-0.1, -0.05) is 24.3 Å². The van der Waals surface area contributed by atoms with E-state index in [-0.39, 0.29) is 11.3 Å². The summed E-state index contributed by atoms with van der Waals surface area (Å²) in [5.41, 5.74) is 4.74. The summed E-state index contributed by atoms with van der Waals surface area (Å²) in [6.07, 6.45) is 2.18. The van der Waals surface area contributed by atoms with Crippen LogP contribution in [0.25, 0.3) is 0 Å². The molecule has 1 saturated heterocycles. The van der Waals surface area contributed by atoms with Gasteiger partial charge in [0, 0.05) is 43.9 Å². The van der Waals surface area contributed by atoms with Crippen molar-refractivity contribution in [3.8, 4) is 0 Å². The van der Waals surface area contributed by atoms with Crippen molar-refractivity contribution in [2.75, 3.05) is 38.6 Å². The van der Waals surface area contributed by atoms with Crippen molar-refractivity contribution in [1.29, 1.82) is 0 Å². The summed E-state index contributed by atoms with van der Waals surface area (Å²) in [5.74, 6) is 0.141. The van der Waals surface area contributed by atoms with Crippen molar-refractivity contribution in [3.05, 3.63) is 65.2 Å². The zero-order chi connectivity index (χ0) is 18.1. The molecule has 0 aromatic heterocycles. The van der Waals surface area contributed by atoms with Gasteiger partial charge in [-0.05, 0) is 61.3 Å². The highest BCUT2D eigenvalue weighted by molar-refractivity contribution is 5.94. The lowest BCUT2D eigenvalue weighted by molar-refractivity contribution is 0.0642. The Bertz CT molecular complexity index is 791. The maximum absolute atomic E-state index is 13.2. The zero-order valence-corrected chi connectivity index (χ0v) is 15.7. The first-order valence-corrected chi connectivity index (χ1v) is 9.45. The predicted molar refractivity (Wildman–Crippen MR) is 106 cm³/mol.